The standard InChI is InChI=1S/C24H37N5O.HI/c1-3-27-14-7-6-9-20(27)17-26-24(25-2)29-18-19(21-10-4-5-11-22(21)29)13-16-28-15-8-12-23(28)30;/h4-5,10-11,19-20H,3,6-9,12-18H2,1-2H3,(H,25,26);1H. The topological polar surface area (TPSA) is 51.2 Å². The smallest absolute Gasteiger partial charge is 0.222 e. The Kier molecular flexibility index (Phi) is 9.01. The maximum Gasteiger partial charge on any atom is 0.222 e. The predicted molar refractivity (Wildman–Crippen MR) is 139 cm³/mol. The molecule has 0 saturated carbocycles. The Balaban J connectivity index is 0.00000272. The van der Waals surface area contributed by atoms with Crippen molar-refractivity contribution in [1.82, 2.24) is 15.1 Å². The van der Waals surface area contributed by atoms with Crippen molar-refractivity contribution in [3.05, 3.63) is 29.8 Å². The number of carbonyl (C=O) groups excluding carboxylic acids is 1. The molecule has 0 bridgehead atoms. The molecule has 0 aliphatic carbocycles. The Labute approximate surface area is 204 Å². The molecule has 31 heavy (non-hydrogen) atoms. The number of benzene rings is 1. The number of likely N-dealkylation sites (N-methyl/N-ethyl adjacent to an activating group) is 1. The highest BCUT2D eigenvalue weighted by Crippen LogP contribution is 2.38. The van der Waals surface area contributed by atoms with E-state index in [1.54, 1.807) is 0 Å². The Morgan fingerprint density at radius 1 is 1.19 bits per heavy atom. The average Bonchev–Trinajstić information content (AvgIpc) is 3.36. The van der Waals surface area contributed by atoms with Gasteiger partial charge in [0, 0.05) is 57.3 Å². The first kappa shape index (κ1) is 24.3. The molecular formula is C24H38IN5O. The lowest BCUT2D eigenvalue weighted by atomic mass is 9.98. The van der Waals surface area contributed by atoms with Gasteiger partial charge >= 0.3 is 0 Å². The molecule has 2 saturated heterocycles. The van der Waals surface area contributed by atoms with Crippen molar-refractivity contribution in [2.75, 3.05) is 51.2 Å². The lowest BCUT2D eigenvalue weighted by Crippen LogP contribution is -2.50. The molecule has 4 rings (SSSR count). The molecule has 1 N–H and O–H groups in total. The highest BCUT2D eigenvalue weighted by Gasteiger charge is 2.32. The number of hydrogen-bond acceptors (Lipinski definition) is 3. The van der Waals surface area contributed by atoms with Crippen molar-refractivity contribution in [1.29, 1.82) is 0 Å². The second-order valence-corrected chi connectivity index (χ2v) is 8.85. The highest BCUT2D eigenvalue weighted by molar-refractivity contribution is 14.0. The SMILES string of the molecule is CCN1CCCCC1CNC(=NC)N1CC(CCN2CCCC2=O)c2ccccc21.I. The minimum absolute atomic E-state index is 0. The zero-order chi connectivity index (χ0) is 20.9. The van der Waals surface area contributed by atoms with Crippen LogP contribution < -0.4 is 10.2 Å². The van der Waals surface area contributed by atoms with E-state index in [1.165, 1.54) is 37.1 Å². The van der Waals surface area contributed by atoms with E-state index < -0.39 is 0 Å². The van der Waals surface area contributed by atoms with Gasteiger partial charge in [-0.3, -0.25) is 14.7 Å². The zero-order valence-corrected chi connectivity index (χ0v) is 21.4. The van der Waals surface area contributed by atoms with Gasteiger partial charge in [-0.1, -0.05) is 31.5 Å². The lowest BCUT2D eigenvalue weighted by molar-refractivity contribution is -0.127. The Morgan fingerprint density at radius 2 is 2.03 bits per heavy atom. The summed E-state index contributed by atoms with van der Waals surface area (Å²) in [6.45, 7) is 8.27. The Hall–Kier alpha value is -1.35. The van der Waals surface area contributed by atoms with Gasteiger partial charge in [0.2, 0.25) is 5.91 Å². The average molecular weight is 540 g/mol. The van der Waals surface area contributed by atoms with E-state index >= 15 is 0 Å². The Bertz CT molecular complexity index is 770. The first-order valence-corrected chi connectivity index (χ1v) is 11.8. The van der Waals surface area contributed by atoms with Crippen LogP contribution in [0.4, 0.5) is 5.69 Å². The molecular weight excluding hydrogens is 501 g/mol. The third-order valence-corrected chi connectivity index (χ3v) is 7.11. The van der Waals surface area contributed by atoms with Crippen LogP contribution >= 0.6 is 24.0 Å². The summed E-state index contributed by atoms with van der Waals surface area (Å²) in [6.07, 6.45) is 6.66. The molecule has 1 aromatic carbocycles. The molecule has 172 valence electrons. The van der Waals surface area contributed by atoms with Crippen LogP contribution in [0.3, 0.4) is 0 Å². The highest BCUT2D eigenvalue weighted by atomic mass is 127. The number of rotatable bonds is 6. The number of para-hydroxylation sites is 1. The van der Waals surface area contributed by atoms with Crippen molar-refractivity contribution >= 4 is 41.5 Å². The number of fused-ring (bicyclic) bond motifs is 1. The Morgan fingerprint density at radius 3 is 2.77 bits per heavy atom. The third kappa shape index (κ3) is 5.53. The van der Waals surface area contributed by atoms with Crippen LogP contribution in [-0.2, 0) is 4.79 Å². The van der Waals surface area contributed by atoms with E-state index in [0.29, 0.717) is 17.9 Å². The fourth-order valence-electron chi connectivity index (χ4n) is 5.41. The van der Waals surface area contributed by atoms with Gasteiger partial charge in [-0.15, -0.1) is 24.0 Å². The van der Waals surface area contributed by atoms with Gasteiger partial charge in [0.05, 0.1) is 0 Å². The number of aliphatic imine (C=N–C) groups is 1. The van der Waals surface area contributed by atoms with E-state index in [-0.39, 0.29) is 24.0 Å². The molecule has 6 nitrogen and oxygen atoms in total. The number of carbonyl (C=O) groups is 1. The van der Waals surface area contributed by atoms with Crippen molar-refractivity contribution in [3.8, 4) is 0 Å². The quantitative estimate of drug-likeness (QED) is 0.341. The molecule has 2 fully saturated rings. The molecule has 0 aromatic heterocycles. The molecule has 1 aromatic rings. The van der Waals surface area contributed by atoms with Gasteiger partial charge in [0.1, 0.15) is 0 Å². The third-order valence-electron chi connectivity index (χ3n) is 7.11. The molecule has 2 unspecified atom stereocenters. The van der Waals surface area contributed by atoms with Gasteiger partial charge in [-0.05, 0) is 50.4 Å². The van der Waals surface area contributed by atoms with Crippen molar-refractivity contribution in [2.24, 2.45) is 4.99 Å². The fourth-order valence-corrected chi connectivity index (χ4v) is 5.41. The number of amides is 1. The van der Waals surface area contributed by atoms with Crippen LogP contribution in [0.25, 0.3) is 0 Å². The van der Waals surface area contributed by atoms with Crippen LogP contribution in [0.2, 0.25) is 0 Å². The molecule has 3 heterocycles. The molecule has 3 aliphatic heterocycles. The summed E-state index contributed by atoms with van der Waals surface area (Å²) in [5, 5.41) is 3.68. The summed E-state index contributed by atoms with van der Waals surface area (Å²) in [5.41, 5.74) is 2.65. The van der Waals surface area contributed by atoms with Crippen molar-refractivity contribution in [2.45, 2.75) is 57.4 Å². The lowest BCUT2D eigenvalue weighted by Gasteiger charge is -2.36. The number of hydrogen-bond donors (Lipinski definition) is 1. The van der Waals surface area contributed by atoms with Gasteiger partial charge in [0.25, 0.3) is 0 Å². The number of guanidine groups is 1. The summed E-state index contributed by atoms with van der Waals surface area (Å²) in [4.78, 5) is 23.6. The maximum atomic E-state index is 12.0. The van der Waals surface area contributed by atoms with E-state index in [0.717, 1.165) is 57.9 Å². The van der Waals surface area contributed by atoms with E-state index in [2.05, 4.69) is 51.3 Å². The summed E-state index contributed by atoms with van der Waals surface area (Å²) in [5.74, 6) is 1.74. The summed E-state index contributed by atoms with van der Waals surface area (Å²) < 4.78 is 0. The second kappa shape index (κ2) is 11.5. The zero-order valence-electron chi connectivity index (χ0n) is 19.1. The van der Waals surface area contributed by atoms with Crippen LogP contribution in [0, 0.1) is 0 Å². The van der Waals surface area contributed by atoms with Crippen LogP contribution in [0.5, 0.6) is 0 Å². The molecule has 3 aliphatic rings. The van der Waals surface area contributed by atoms with E-state index in [1.807, 2.05) is 11.9 Å². The van der Waals surface area contributed by atoms with Crippen LogP contribution in [-0.4, -0.2) is 74.0 Å². The first-order valence-electron chi connectivity index (χ1n) is 11.8. The second-order valence-electron chi connectivity index (χ2n) is 8.85. The maximum absolute atomic E-state index is 12.0. The van der Waals surface area contributed by atoms with Crippen molar-refractivity contribution in [3.63, 3.8) is 0 Å². The summed E-state index contributed by atoms with van der Waals surface area (Å²) >= 11 is 0. The summed E-state index contributed by atoms with van der Waals surface area (Å²) in [6, 6.07) is 9.30. The minimum atomic E-state index is 0. The van der Waals surface area contributed by atoms with E-state index in [9.17, 15) is 4.79 Å². The van der Waals surface area contributed by atoms with Crippen LogP contribution in [0.15, 0.2) is 29.3 Å². The number of halogens is 1. The molecule has 2 atom stereocenters. The normalized spacial score (nSPS) is 24.3. The van der Waals surface area contributed by atoms with Gasteiger partial charge in [0.15, 0.2) is 5.96 Å². The first-order chi connectivity index (χ1) is 14.7. The molecule has 1 amide bonds. The fraction of sp³-hybridized carbons (Fsp3) is 0.667. The summed E-state index contributed by atoms with van der Waals surface area (Å²) in [7, 11) is 1.89. The number of likely N-dealkylation sites (tertiary alicyclic amines) is 2. The number of anilines is 1. The minimum Gasteiger partial charge on any atom is -0.354 e. The van der Waals surface area contributed by atoms with E-state index in [4.69, 9.17) is 0 Å². The molecule has 7 heteroatoms. The van der Waals surface area contributed by atoms with Gasteiger partial charge in [-0.25, -0.2) is 0 Å². The number of nitrogens with one attached hydrogen (secondary N) is 1. The van der Waals surface area contributed by atoms with Gasteiger partial charge in [-0.2, -0.15) is 0 Å². The number of nitrogens with zero attached hydrogens (tertiary/aromatic N) is 4. The number of piperidine rings is 1. The molecule has 0 radical (unpaired) electrons. The van der Waals surface area contributed by atoms with Crippen LogP contribution in [0.1, 0.15) is 56.9 Å². The molecule has 0 spiro atoms. The predicted octanol–water partition coefficient (Wildman–Crippen LogP) is 3.67. The monoisotopic (exact) mass is 539 g/mol. The van der Waals surface area contributed by atoms with Gasteiger partial charge < -0.3 is 15.1 Å². The van der Waals surface area contributed by atoms with Crippen molar-refractivity contribution < 1.29 is 4.79 Å². The largest absolute Gasteiger partial charge is 0.354 e.